The Balaban J connectivity index is 3.27. The van der Waals surface area contributed by atoms with Gasteiger partial charge >= 0.3 is 5.97 Å². The Morgan fingerprint density at radius 2 is 1.79 bits per heavy atom. The van der Waals surface area contributed by atoms with Crippen molar-refractivity contribution in [2.75, 3.05) is 6.61 Å². The molecule has 0 aliphatic heterocycles. The molecule has 0 N–H and O–H groups in total. The molecule has 0 aromatic carbocycles. The van der Waals surface area contributed by atoms with Gasteiger partial charge in [0, 0.05) is 6.42 Å². The molecule has 112 valence electrons. The maximum absolute atomic E-state index is 11.5. The van der Waals surface area contributed by atoms with Crippen LogP contribution < -0.4 is 0 Å². The Hall–Kier alpha value is -0.790. The minimum atomic E-state index is -0.0189. The van der Waals surface area contributed by atoms with Crippen LogP contribution in [-0.2, 0) is 9.53 Å². The number of carbonyl (C=O) groups excluding carboxylic acids is 1. The van der Waals surface area contributed by atoms with E-state index >= 15 is 0 Å². The molecule has 1 atom stereocenters. The molecular weight excluding hydrogens is 236 g/mol. The van der Waals surface area contributed by atoms with Gasteiger partial charge in [-0.05, 0) is 31.6 Å². The van der Waals surface area contributed by atoms with Crippen molar-refractivity contribution in [3.05, 3.63) is 12.7 Å². The summed E-state index contributed by atoms with van der Waals surface area (Å²) in [6.45, 7) is 8.61. The van der Waals surface area contributed by atoms with Crippen molar-refractivity contribution in [2.45, 2.75) is 78.1 Å². The summed E-state index contributed by atoms with van der Waals surface area (Å²) in [4.78, 5) is 11.5. The van der Waals surface area contributed by atoms with E-state index in [4.69, 9.17) is 4.74 Å². The number of unbranched alkanes of at least 4 members (excludes halogenated alkanes) is 6. The standard InChI is InChI=1S/C17H32O2/c1-4-6-7-8-9-10-11-12-14-17(18)19-15-16(3)13-5-2/h4,16H,1,5-15H2,2-3H3. The van der Waals surface area contributed by atoms with E-state index in [9.17, 15) is 4.79 Å². The van der Waals surface area contributed by atoms with E-state index < -0.39 is 0 Å². The fourth-order valence-corrected chi connectivity index (χ4v) is 2.15. The molecule has 19 heavy (non-hydrogen) atoms. The van der Waals surface area contributed by atoms with Gasteiger partial charge in [-0.25, -0.2) is 0 Å². The molecule has 0 aromatic heterocycles. The Kier molecular flexibility index (Phi) is 13.1. The highest BCUT2D eigenvalue weighted by atomic mass is 16.5. The average molecular weight is 268 g/mol. The van der Waals surface area contributed by atoms with Gasteiger partial charge in [0.2, 0.25) is 0 Å². The van der Waals surface area contributed by atoms with Crippen LogP contribution in [0.4, 0.5) is 0 Å². The zero-order chi connectivity index (χ0) is 14.3. The summed E-state index contributed by atoms with van der Waals surface area (Å²) in [6.07, 6.45) is 13.2. The summed E-state index contributed by atoms with van der Waals surface area (Å²) < 4.78 is 5.27. The average Bonchev–Trinajstić information content (AvgIpc) is 2.40. The molecular formula is C17H32O2. The topological polar surface area (TPSA) is 26.3 Å². The van der Waals surface area contributed by atoms with Gasteiger partial charge in [0.25, 0.3) is 0 Å². The summed E-state index contributed by atoms with van der Waals surface area (Å²) in [5.74, 6) is 0.480. The first-order valence-electron chi connectivity index (χ1n) is 7.97. The van der Waals surface area contributed by atoms with Crippen LogP contribution in [0.2, 0.25) is 0 Å². The molecule has 0 saturated carbocycles. The minimum Gasteiger partial charge on any atom is -0.465 e. The first-order valence-corrected chi connectivity index (χ1v) is 7.97. The summed E-state index contributed by atoms with van der Waals surface area (Å²) in [5, 5.41) is 0. The lowest BCUT2D eigenvalue weighted by atomic mass is 10.1. The van der Waals surface area contributed by atoms with Crippen molar-refractivity contribution in [1.29, 1.82) is 0 Å². The number of carbonyl (C=O) groups is 1. The third kappa shape index (κ3) is 13.4. The van der Waals surface area contributed by atoms with Gasteiger partial charge in [-0.2, -0.15) is 0 Å². The normalized spacial score (nSPS) is 12.1. The van der Waals surface area contributed by atoms with Crippen LogP contribution >= 0.6 is 0 Å². The van der Waals surface area contributed by atoms with E-state index in [1.54, 1.807) is 0 Å². The van der Waals surface area contributed by atoms with Crippen molar-refractivity contribution in [1.82, 2.24) is 0 Å². The first-order chi connectivity index (χ1) is 9.20. The number of ether oxygens (including phenoxy) is 1. The van der Waals surface area contributed by atoms with Gasteiger partial charge < -0.3 is 4.74 Å². The maximum atomic E-state index is 11.5. The van der Waals surface area contributed by atoms with E-state index in [1.807, 2.05) is 6.08 Å². The first kappa shape index (κ1) is 18.2. The second kappa shape index (κ2) is 13.6. The quantitative estimate of drug-likeness (QED) is 0.258. The van der Waals surface area contributed by atoms with Crippen molar-refractivity contribution < 1.29 is 9.53 Å². The largest absolute Gasteiger partial charge is 0.465 e. The number of hydrogen-bond acceptors (Lipinski definition) is 2. The van der Waals surface area contributed by atoms with E-state index in [-0.39, 0.29) is 5.97 Å². The molecule has 0 amide bonds. The van der Waals surface area contributed by atoms with E-state index in [0.717, 1.165) is 32.1 Å². The second-order valence-corrected chi connectivity index (χ2v) is 5.53. The number of rotatable bonds is 13. The molecule has 0 spiro atoms. The number of allylic oxidation sites excluding steroid dienone is 1. The van der Waals surface area contributed by atoms with Gasteiger partial charge in [0.05, 0.1) is 6.61 Å². The molecule has 0 heterocycles. The zero-order valence-electron chi connectivity index (χ0n) is 13.0. The van der Waals surface area contributed by atoms with Gasteiger partial charge in [-0.15, -0.1) is 6.58 Å². The fraction of sp³-hybridized carbons (Fsp3) is 0.824. The Morgan fingerprint density at radius 1 is 1.16 bits per heavy atom. The number of hydrogen-bond donors (Lipinski definition) is 0. The highest BCUT2D eigenvalue weighted by molar-refractivity contribution is 5.69. The predicted molar refractivity (Wildman–Crippen MR) is 82.2 cm³/mol. The molecule has 0 bridgehead atoms. The fourth-order valence-electron chi connectivity index (χ4n) is 2.15. The molecule has 1 unspecified atom stereocenters. The van der Waals surface area contributed by atoms with Crippen LogP contribution in [0.5, 0.6) is 0 Å². The van der Waals surface area contributed by atoms with Crippen LogP contribution in [0, 0.1) is 5.92 Å². The van der Waals surface area contributed by atoms with Gasteiger partial charge in [0.1, 0.15) is 0 Å². The second-order valence-electron chi connectivity index (χ2n) is 5.53. The molecule has 2 heteroatoms. The molecule has 0 rings (SSSR count). The third-order valence-electron chi connectivity index (χ3n) is 3.35. The predicted octanol–water partition coefficient (Wildman–Crippen LogP) is 5.27. The van der Waals surface area contributed by atoms with Crippen LogP contribution in [0.1, 0.15) is 78.1 Å². The Bertz CT molecular complexity index is 223. The third-order valence-corrected chi connectivity index (χ3v) is 3.35. The lowest BCUT2D eigenvalue weighted by Crippen LogP contribution is -2.11. The van der Waals surface area contributed by atoms with Crippen molar-refractivity contribution in [3.8, 4) is 0 Å². The molecule has 0 radical (unpaired) electrons. The molecule has 0 fully saturated rings. The monoisotopic (exact) mass is 268 g/mol. The van der Waals surface area contributed by atoms with Crippen LogP contribution in [0.3, 0.4) is 0 Å². The number of esters is 1. The van der Waals surface area contributed by atoms with Gasteiger partial charge in [0.15, 0.2) is 0 Å². The smallest absolute Gasteiger partial charge is 0.305 e. The summed E-state index contributed by atoms with van der Waals surface area (Å²) in [6, 6.07) is 0. The van der Waals surface area contributed by atoms with E-state index in [2.05, 4.69) is 20.4 Å². The van der Waals surface area contributed by atoms with Crippen LogP contribution in [0.15, 0.2) is 12.7 Å². The van der Waals surface area contributed by atoms with Crippen molar-refractivity contribution in [2.24, 2.45) is 5.92 Å². The molecule has 0 aliphatic carbocycles. The van der Waals surface area contributed by atoms with E-state index in [1.165, 1.54) is 25.7 Å². The Labute approximate surface area is 119 Å². The molecule has 2 nitrogen and oxygen atoms in total. The van der Waals surface area contributed by atoms with Crippen molar-refractivity contribution in [3.63, 3.8) is 0 Å². The lowest BCUT2D eigenvalue weighted by Gasteiger charge is -2.10. The highest BCUT2D eigenvalue weighted by Crippen LogP contribution is 2.10. The zero-order valence-corrected chi connectivity index (χ0v) is 13.0. The molecule has 0 saturated heterocycles. The lowest BCUT2D eigenvalue weighted by molar-refractivity contribution is -0.145. The van der Waals surface area contributed by atoms with Gasteiger partial charge in [-0.3, -0.25) is 4.79 Å². The maximum Gasteiger partial charge on any atom is 0.305 e. The van der Waals surface area contributed by atoms with Crippen LogP contribution in [-0.4, -0.2) is 12.6 Å². The minimum absolute atomic E-state index is 0.0189. The van der Waals surface area contributed by atoms with Crippen molar-refractivity contribution >= 4 is 5.97 Å². The van der Waals surface area contributed by atoms with Crippen LogP contribution in [0.25, 0.3) is 0 Å². The molecule has 0 aromatic rings. The summed E-state index contributed by atoms with van der Waals surface area (Å²) in [5.41, 5.74) is 0. The summed E-state index contributed by atoms with van der Waals surface area (Å²) in [7, 11) is 0. The summed E-state index contributed by atoms with van der Waals surface area (Å²) >= 11 is 0. The molecule has 0 aliphatic rings. The van der Waals surface area contributed by atoms with Gasteiger partial charge in [-0.1, -0.05) is 52.0 Å². The SMILES string of the molecule is C=CCCCCCCCCC(=O)OCC(C)CCC. The highest BCUT2D eigenvalue weighted by Gasteiger charge is 2.06. The van der Waals surface area contributed by atoms with E-state index in [0.29, 0.717) is 18.9 Å². The Morgan fingerprint density at radius 3 is 2.42 bits per heavy atom.